The van der Waals surface area contributed by atoms with Gasteiger partial charge in [-0.25, -0.2) is 4.98 Å². The van der Waals surface area contributed by atoms with Crippen LogP contribution in [0.2, 0.25) is 0 Å². The SMILES string of the molecule is CCCC(C)Nc1ccc(-c2cnco2)cc1. The van der Waals surface area contributed by atoms with Gasteiger partial charge in [0.25, 0.3) is 0 Å². The minimum Gasteiger partial charge on any atom is -0.444 e. The van der Waals surface area contributed by atoms with E-state index in [0.717, 1.165) is 17.0 Å². The van der Waals surface area contributed by atoms with Crippen LogP contribution in [0.15, 0.2) is 41.3 Å². The van der Waals surface area contributed by atoms with Gasteiger partial charge in [0.1, 0.15) is 0 Å². The molecule has 0 saturated carbocycles. The monoisotopic (exact) mass is 230 g/mol. The molecule has 1 unspecified atom stereocenters. The van der Waals surface area contributed by atoms with E-state index in [0.29, 0.717) is 6.04 Å². The lowest BCUT2D eigenvalue weighted by Crippen LogP contribution is -2.14. The lowest BCUT2D eigenvalue weighted by Gasteiger charge is -2.14. The van der Waals surface area contributed by atoms with Gasteiger partial charge in [0.15, 0.2) is 12.2 Å². The zero-order chi connectivity index (χ0) is 12.1. The number of anilines is 1. The van der Waals surface area contributed by atoms with E-state index in [4.69, 9.17) is 4.42 Å². The minimum atomic E-state index is 0.510. The van der Waals surface area contributed by atoms with Crippen molar-refractivity contribution in [2.24, 2.45) is 0 Å². The van der Waals surface area contributed by atoms with Gasteiger partial charge in [0.05, 0.1) is 6.20 Å². The molecule has 2 aromatic rings. The number of hydrogen-bond donors (Lipinski definition) is 1. The van der Waals surface area contributed by atoms with Crippen LogP contribution in [0.5, 0.6) is 0 Å². The van der Waals surface area contributed by atoms with Gasteiger partial charge in [0.2, 0.25) is 0 Å². The van der Waals surface area contributed by atoms with Crippen LogP contribution < -0.4 is 5.32 Å². The molecule has 0 fully saturated rings. The Bertz CT molecular complexity index is 434. The van der Waals surface area contributed by atoms with Crippen LogP contribution in [-0.2, 0) is 0 Å². The molecule has 0 aliphatic rings. The first-order valence-electron chi connectivity index (χ1n) is 6.05. The molecule has 3 nitrogen and oxygen atoms in total. The number of oxazole rings is 1. The van der Waals surface area contributed by atoms with Crippen LogP contribution in [-0.4, -0.2) is 11.0 Å². The highest BCUT2D eigenvalue weighted by Crippen LogP contribution is 2.21. The zero-order valence-electron chi connectivity index (χ0n) is 10.3. The molecular weight excluding hydrogens is 212 g/mol. The molecule has 1 atom stereocenters. The molecule has 0 radical (unpaired) electrons. The summed E-state index contributed by atoms with van der Waals surface area (Å²) in [5.74, 6) is 0.804. The number of benzene rings is 1. The molecule has 0 aliphatic carbocycles. The second-order valence-corrected chi connectivity index (χ2v) is 4.28. The van der Waals surface area contributed by atoms with E-state index in [1.54, 1.807) is 6.20 Å². The number of nitrogens with zero attached hydrogens (tertiary/aromatic N) is 1. The molecule has 90 valence electrons. The summed E-state index contributed by atoms with van der Waals surface area (Å²) in [6, 6.07) is 8.74. The van der Waals surface area contributed by atoms with Gasteiger partial charge in [-0.15, -0.1) is 0 Å². The van der Waals surface area contributed by atoms with Crippen LogP contribution in [0.25, 0.3) is 11.3 Å². The maximum Gasteiger partial charge on any atom is 0.181 e. The van der Waals surface area contributed by atoms with E-state index >= 15 is 0 Å². The van der Waals surface area contributed by atoms with E-state index in [-0.39, 0.29) is 0 Å². The minimum absolute atomic E-state index is 0.510. The average molecular weight is 230 g/mol. The molecular formula is C14H18N2O. The second kappa shape index (κ2) is 5.53. The van der Waals surface area contributed by atoms with Crippen LogP contribution >= 0.6 is 0 Å². The fourth-order valence-corrected chi connectivity index (χ4v) is 1.88. The Balaban J connectivity index is 2.03. The molecule has 1 aromatic carbocycles. The summed E-state index contributed by atoms with van der Waals surface area (Å²) in [6.45, 7) is 4.40. The molecule has 0 spiro atoms. The summed E-state index contributed by atoms with van der Waals surface area (Å²) in [5.41, 5.74) is 2.20. The Morgan fingerprint density at radius 1 is 1.29 bits per heavy atom. The van der Waals surface area contributed by atoms with Crippen molar-refractivity contribution in [1.82, 2.24) is 4.98 Å². The highest BCUT2D eigenvalue weighted by Gasteiger charge is 2.03. The number of hydrogen-bond acceptors (Lipinski definition) is 3. The van der Waals surface area contributed by atoms with E-state index in [2.05, 4.69) is 36.3 Å². The molecule has 1 aromatic heterocycles. The Labute approximate surface area is 102 Å². The third-order valence-corrected chi connectivity index (χ3v) is 2.74. The number of nitrogens with one attached hydrogen (secondary N) is 1. The predicted molar refractivity (Wildman–Crippen MR) is 69.9 cm³/mol. The third kappa shape index (κ3) is 3.09. The first-order valence-corrected chi connectivity index (χ1v) is 6.05. The van der Waals surface area contributed by atoms with Gasteiger partial charge in [-0.1, -0.05) is 13.3 Å². The van der Waals surface area contributed by atoms with Gasteiger partial charge in [0, 0.05) is 17.3 Å². The number of aromatic nitrogens is 1. The molecule has 0 aliphatic heterocycles. The van der Waals surface area contributed by atoms with Crippen molar-refractivity contribution in [2.75, 3.05) is 5.32 Å². The molecule has 0 bridgehead atoms. The third-order valence-electron chi connectivity index (χ3n) is 2.74. The fourth-order valence-electron chi connectivity index (χ4n) is 1.88. The van der Waals surface area contributed by atoms with E-state index in [9.17, 15) is 0 Å². The molecule has 1 N–H and O–H groups in total. The summed E-state index contributed by atoms with van der Waals surface area (Å²) < 4.78 is 5.25. The van der Waals surface area contributed by atoms with E-state index < -0.39 is 0 Å². The molecule has 3 heteroatoms. The normalized spacial score (nSPS) is 12.4. The standard InChI is InChI=1S/C14H18N2O/c1-3-4-11(2)16-13-7-5-12(6-8-13)14-9-15-10-17-14/h5-11,16H,3-4H2,1-2H3. The maximum atomic E-state index is 5.25. The largest absolute Gasteiger partial charge is 0.444 e. The maximum absolute atomic E-state index is 5.25. The van der Waals surface area contributed by atoms with Gasteiger partial charge >= 0.3 is 0 Å². The zero-order valence-corrected chi connectivity index (χ0v) is 10.3. The van der Waals surface area contributed by atoms with E-state index in [1.807, 2.05) is 12.1 Å². The Hall–Kier alpha value is -1.77. The second-order valence-electron chi connectivity index (χ2n) is 4.28. The summed E-state index contributed by atoms with van der Waals surface area (Å²) in [7, 11) is 0. The van der Waals surface area contributed by atoms with Crippen LogP contribution in [0.1, 0.15) is 26.7 Å². The fraction of sp³-hybridized carbons (Fsp3) is 0.357. The van der Waals surface area contributed by atoms with Crippen molar-refractivity contribution < 1.29 is 4.42 Å². The van der Waals surface area contributed by atoms with E-state index in [1.165, 1.54) is 19.2 Å². The molecule has 2 rings (SSSR count). The smallest absolute Gasteiger partial charge is 0.181 e. The van der Waals surface area contributed by atoms with Crippen molar-refractivity contribution >= 4 is 5.69 Å². The first-order chi connectivity index (χ1) is 8.29. The van der Waals surface area contributed by atoms with Crippen molar-refractivity contribution in [1.29, 1.82) is 0 Å². The molecule has 1 heterocycles. The lowest BCUT2D eigenvalue weighted by molar-refractivity contribution is 0.572. The topological polar surface area (TPSA) is 38.1 Å². The van der Waals surface area contributed by atoms with Crippen molar-refractivity contribution in [3.8, 4) is 11.3 Å². The van der Waals surface area contributed by atoms with Crippen molar-refractivity contribution in [3.05, 3.63) is 36.9 Å². The van der Waals surface area contributed by atoms with Gasteiger partial charge in [-0.2, -0.15) is 0 Å². The van der Waals surface area contributed by atoms with Gasteiger partial charge < -0.3 is 9.73 Å². The highest BCUT2D eigenvalue weighted by molar-refractivity contribution is 5.60. The van der Waals surface area contributed by atoms with Crippen LogP contribution in [0, 0.1) is 0 Å². The molecule has 0 saturated heterocycles. The summed E-state index contributed by atoms with van der Waals surface area (Å²) in [4.78, 5) is 3.91. The summed E-state index contributed by atoms with van der Waals surface area (Å²) in [6.07, 6.45) is 5.56. The van der Waals surface area contributed by atoms with Gasteiger partial charge in [-0.05, 0) is 37.6 Å². The average Bonchev–Trinajstić information content (AvgIpc) is 2.84. The Morgan fingerprint density at radius 2 is 2.06 bits per heavy atom. The van der Waals surface area contributed by atoms with Crippen molar-refractivity contribution in [2.45, 2.75) is 32.7 Å². The highest BCUT2D eigenvalue weighted by atomic mass is 16.3. The molecule has 17 heavy (non-hydrogen) atoms. The first kappa shape index (κ1) is 11.7. The predicted octanol–water partition coefficient (Wildman–Crippen LogP) is 3.94. The van der Waals surface area contributed by atoms with Crippen LogP contribution in [0.3, 0.4) is 0 Å². The molecule has 0 amide bonds. The van der Waals surface area contributed by atoms with Crippen LogP contribution in [0.4, 0.5) is 5.69 Å². The lowest BCUT2D eigenvalue weighted by atomic mass is 10.1. The number of rotatable bonds is 5. The quantitative estimate of drug-likeness (QED) is 0.845. The summed E-state index contributed by atoms with van der Waals surface area (Å²) in [5, 5.41) is 3.47. The Morgan fingerprint density at radius 3 is 2.65 bits per heavy atom. The summed E-state index contributed by atoms with van der Waals surface area (Å²) >= 11 is 0. The van der Waals surface area contributed by atoms with Gasteiger partial charge in [-0.3, -0.25) is 0 Å². The van der Waals surface area contributed by atoms with Crippen molar-refractivity contribution in [3.63, 3.8) is 0 Å². The Kier molecular flexibility index (Phi) is 3.81.